The highest BCUT2D eigenvalue weighted by Gasteiger charge is 2.18. The summed E-state index contributed by atoms with van der Waals surface area (Å²) in [6, 6.07) is 0. The van der Waals surface area contributed by atoms with Crippen LogP contribution in [-0.2, 0) is 14.3 Å². The summed E-state index contributed by atoms with van der Waals surface area (Å²) in [5.41, 5.74) is 0. The molecule has 0 saturated carbocycles. The molecule has 0 radical (unpaired) electrons. The molecule has 3 nitrogen and oxygen atoms in total. The standard InChI is InChI=1S/C11H22O3/c1-4-7-9-14-10(8-5-2)11(12)13-6-3/h10H,4-9H2,1-3H3. The van der Waals surface area contributed by atoms with Gasteiger partial charge in [0.1, 0.15) is 0 Å². The second-order valence-electron chi connectivity index (χ2n) is 3.25. The number of hydrogen-bond acceptors (Lipinski definition) is 3. The summed E-state index contributed by atoms with van der Waals surface area (Å²) in [4.78, 5) is 11.4. The van der Waals surface area contributed by atoms with E-state index < -0.39 is 0 Å². The number of rotatable bonds is 8. The van der Waals surface area contributed by atoms with Crippen LogP contribution in [0, 0.1) is 0 Å². The summed E-state index contributed by atoms with van der Waals surface area (Å²) >= 11 is 0. The number of carbonyl (C=O) groups is 1. The van der Waals surface area contributed by atoms with Crippen LogP contribution in [0.1, 0.15) is 46.5 Å². The molecule has 14 heavy (non-hydrogen) atoms. The first-order valence-electron chi connectivity index (χ1n) is 5.54. The molecule has 0 aromatic carbocycles. The summed E-state index contributed by atoms with van der Waals surface area (Å²) in [7, 11) is 0. The zero-order chi connectivity index (χ0) is 10.8. The lowest BCUT2D eigenvalue weighted by molar-refractivity contribution is -0.157. The molecule has 0 aliphatic carbocycles. The Morgan fingerprint density at radius 3 is 2.43 bits per heavy atom. The van der Waals surface area contributed by atoms with Gasteiger partial charge in [-0.3, -0.25) is 0 Å². The van der Waals surface area contributed by atoms with Gasteiger partial charge in [-0.15, -0.1) is 0 Å². The fraction of sp³-hybridized carbons (Fsp3) is 0.909. The van der Waals surface area contributed by atoms with Crippen molar-refractivity contribution >= 4 is 5.97 Å². The van der Waals surface area contributed by atoms with Gasteiger partial charge in [0.05, 0.1) is 6.61 Å². The van der Waals surface area contributed by atoms with E-state index in [1.807, 2.05) is 13.8 Å². The molecule has 0 aliphatic rings. The van der Waals surface area contributed by atoms with E-state index >= 15 is 0 Å². The number of esters is 1. The molecule has 0 aromatic heterocycles. The third-order valence-electron chi connectivity index (χ3n) is 1.92. The van der Waals surface area contributed by atoms with Crippen LogP contribution in [0.25, 0.3) is 0 Å². The second-order valence-corrected chi connectivity index (χ2v) is 3.25. The first-order valence-corrected chi connectivity index (χ1v) is 5.54. The van der Waals surface area contributed by atoms with Crippen LogP contribution < -0.4 is 0 Å². The molecule has 0 amide bonds. The molecule has 0 rings (SSSR count). The molecule has 0 bridgehead atoms. The van der Waals surface area contributed by atoms with Crippen molar-refractivity contribution in [3.8, 4) is 0 Å². The lowest BCUT2D eigenvalue weighted by atomic mass is 10.2. The van der Waals surface area contributed by atoms with E-state index in [9.17, 15) is 4.79 Å². The highest BCUT2D eigenvalue weighted by Crippen LogP contribution is 2.06. The van der Waals surface area contributed by atoms with Crippen LogP contribution in [0.4, 0.5) is 0 Å². The van der Waals surface area contributed by atoms with Crippen molar-refractivity contribution in [1.29, 1.82) is 0 Å². The van der Waals surface area contributed by atoms with Gasteiger partial charge in [-0.2, -0.15) is 0 Å². The summed E-state index contributed by atoms with van der Waals surface area (Å²) in [5, 5.41) is 0. The maximum Gasteiger partial charge on any atom is 0.335 e. The number of ether oxygens (including phenoxy) is 2. The van der Waals surface area contributed by atoms with Crippen molar-refractivity contribution in [2.24, 2.45) is 0 Å². The largest absolute Gasteiger partial charge is 0.464 e. The van der Waals surface area contributed by atoms with E-state index in [4.69, 9.17) is 9.47 Å². The molecule has 1 unspecified atom stereocenters. The van der Waals surface area contributed by atoms with E-state index in [-0.39, 0.29) is 12.1 Å². The highest BCUT2D eigenvalue weighted by molar-refractivity contribution is 5.74. The van der Waals surface area contributed by atoms with Crippen molar-refractivity contribution in [2.75, 3.05) is 13.2 Å². The molecule has 0 spiro atoms. The van der Waals surface area contributed by atoms with Crippen molar-refractivity contribution in [3.05, 3.63) is 0 Å². The van der Waals surface area contributed by atoms with Crippen molar-refractivity contribution in [3.63, 3.8) is 0 Å². The van der Waals surface area contributed by atoms with Crippen LogP contribution in [0.5, 0.6) is 0 Å². The lowest BCUT2D eigenvalue weighted by Gasteiger charge is -2.15. The Balaban J connectivity index is 3.81. The average Bonchev–Trinajstić information content (AvgIpc) is 2.17. The van der Waals surface area contributed by atoms with Gasteiger partial charge in [-0.1, -0.05) is 26.7 Å². The minimum atomic E-state index is -0.355. The SMILES string of the molecule is CCCCOC(CCC)C(=O)OCC. The van der Waals surface area contributed by atoms with E-state index in [1.165, 1.54) is 0 Å². The van der Waals surface area contributed by atoms with E-state index in [0.29, 0.717) is 13.2 Å². The minimum absolute atomic E-state index is 0.217. The van der Waals surface area contributed by atoms with Gasteiger partial charge in [0.2, 0.25) is 0 Å². The van der Waals surface area contributed by atoms with Crippen molar-refractivity contribution in [2.45, 2.75) is 52.6 Å². The van der Waals surface area contributed by atoms with Crippen LogP contribution in [0.3, 0.4) is 0 Å². The predicted octanol–water partition coefficient (Wildman–Crippen LogP) is 2.53. The second kappa shape index (κ2) is 9.00. The molecule has 84 valence electrons. The molecule has 0 aromatic rings. The van der Waals surface area contributed by atoms with Gasteiger partial charge in [0.25, 0.3) is 0 Å². The van der Waals surface area contributed by atoms with Gasteiger partial charge in [0.15, 0.2) is 6.10 Å². The smallest absolute Gasteiger partial charge is 0.335 e. The Morgan fingerprint density at radius 1 is 1.21 bits per heavy atom. The molecular weight excluding hydrogens is 180 g/mol. The fourth-order valence-electron chi connectivity index (χ4n) is 1.14. The Morgan fingerprint density at radius 2 is 1.93 bits per heavy atom. The van der Waals surface area contributed by atoms with E-state index in [0.717, 1.165) is 25.7 Å². The van der Waals surface area contributed by atoms with Gasteiger partial charge < -0.3 is 9.47 Å². The Bertz CT molecular complexity index is 145. The maximum atomic E-state index is 11.4. The average molecular weight is 202 g/mol. The van der Waals surface area contributed by atoms with E-state index in [2.05, 4.69) is 6.92 Å². The lowest BCUT2D eigenvalue weighted by Crippen LogP contribution is -2.26. The Labute approximate surface area is 86.8 Å². The van der Waals surface area contributed by atoms with Crippen LogP contribution in [-0.4, -0.2) is 25.3 Å². The van der Waals surface area contributed by atoms with Crippen molar-refractivity contribution in [1.82, 2.24) is 0 Å². The van der Waals surface area contributed by atoms with Crippen LogP contribution in [0.2, 0.25) is 0 Å². The van der Waals surface area contributed by atoms with Gasteiger partial charge >= 0.3 is 5.97 Å². The minimum Gasteiger partial charge on any atom is -0.464 e. The molecule has 1 atom stereocenters. The van der Waals surface area contributed by atoms with Gasteiger partial charge in [-0.25, -0.2) is 4.79 Å². The van der Waals surface area contributed by atoms with Crippen LogP contribution >= 0.6 is 0 Å². The molecule has 0 fully saturated rings. The fourth-order valence-corrected chi connectivity index (χ4v) is 1.14. The molecule has 0 heterocycles. The summed E-state index contributed by atoms with van der Waals surface area (Å²) in [6.45, 7) is 7.03. The zero-order valence-corrected chi connectivity index (χ0v) is 9.54. The third kappa shape index (κ3) is 5.97. The first-order chi connectivity index (χ1) is 6.76. The molecular formula is C11H22O3. The van der Waals surface area contributed by atoms with Gasteiger partial charge in [0, 0.05) is 6.61 Å². The molecule has 0 aliphatic heterocycles. The van der Waals surface area contributed by atoms with E-state index in [1.54, 1.807) is 0 Å². The van der Waals surface area contributed by atoms with Crippen LogP contribution in [0.15, 0.2) is 0 Å². The Hall–Kier alpha value is -0.570. The third-order valence-corrected chi connectivity index (χ3v) is 1.92. The quantitative estimate of drug-likeness (QED) is 0.448. The first kappa shape index (κ1) is 13.4. The topological polar surface area (TPSA) is 35.5 Å². The number of unbranched alkanes of at least 4 members (excludes halogenated alkanes) is 1. The summed E-state index contributed by atoms with van der Waals surface area (Å²) < 4.78 is 10.4. The zero-order valence-electron chi connectivity index (χ0n) is 9.54. The number of carbonyl (C=O) groups excluding carboxylic acids is 1. The maximum absolute atomic E-state index is 11.4. The highest BCUT2D eigenvalue weighted by atomic mass is 16.6. The normalized spacial score (nSPS) is 12.5. The number of hydrogen-bond donors (Lipinski definition) is 0. The molecule has 0 N–H and O–H groups in total. The summed E-state index contributed by atoms with van der Waals surface area (Å²) in [6.07, 6.45) is 3.42. The molecule has 3 heteroatoms. The predicted molar refractivity (Wildman–Crippen MR) is 56.2 cm³/mol. The van der Waals surface area contributed by atoms with Crippen molar-refractivity contribution < 1.29 is 14.3 Å². The van der Waals surface area contributed by atoms with Gasteiger partial charge in [-0.05, 0) is 19.8 Å². The summed E-state index contributed by atoms with van der Waals surface area (Å²) in [5.74, 6) is -0.217. The Kier molecular flexibility index (Phi) is 8.64. The molecule has 0 saturated heterocycles. The monoisotopic (exact) mass is 202 g/mol.